The summed E-state index contributed by atoms with van der Waals surface area (Å²) in [5.41, 5.74) is 6.88. The highest BCUT2D eigenvalue weighted by Crippen LogP contribution is 2.31. The number of rotatable bonds is 8. The molecule has 0 spiro atoms. The lowest BCUT2D eigenvalue weighted by Crippen LogP contribution is -2.47. The lowest BCUT2D eigenvalue weighted by atomic mass is 9.98. The van der Waals surface area contributed by atoms with E-state index in [-0.39, 0.29) is 30.3 Å². The summed E-state index contributed by atoms with van der Waals surface area (Å²) in [6.07, 6.45) is 2.10. The topological polar surface area (TPSA) is 57.0 Å². The van der Waals surface area contributed by atoms with Gasteiger partial charge in [-0.05, 0) is 37.5 Å². The molecule has 0 bridgehead atoms. The molecule has 0 aliphatic carbocycles. The third-order valence-corrected chi connectivity index (χ3v) is 4.30. The van der Waals surface area contributed by atoms with Crippen molar-refractivity contribution in [3.63, 3.8) is 0 Å². The Bertz CT molecular complexity index is 523. The number of methoxy groups -OCH3 is 1. The van der Waals surface area contributed by atoms with Gasteiger partial charge >= 0.3 is 6.61 Å². The molecule has 2 unspecified atom stereocenters. The minimum Gasteiger partial charge on any atom is -0.490 e. The molecule has 1 fully saturated rings. The van der Waals surface area contributed by atoms with Gasteiger partial charge in [0.2, 0.25) is 0 Å². The minimum absolute atomic E-state index is 0. The van der Waals surface area contributed by atoms with Crippen molar-refractivity contribution in [1.82, 2.24) is 4.90 Å². The average molecular weight is 381 g/mol. The maximum Gasteiger partial charge on any atom is 0.387 e. The summed E-state index contributed by atoms with van der Waals surface area (Å²) in [5, 5.41) is 0. The molecule has 8 heteroatoms. The number of hydrogen-bond donors (Lipinski definition) is 1. The zero-order valence-corrected chi connectivity index (χ0v) is 15.4. The maximum absolute atomic E-state index is 12.5. The van der Waals surface area contributed by atoms with Crippen molar-refractivity contribution >= 4 is 12.4 Å². The van der Waals surface area contributed by atoms with Crippen LogP contribution in [0.25, 0.3) is 0 Å². The Morgan fingerprint density at radius 1 is 1.32 bits per heavy atom. The van der Waals surface area contributed by atoms with Gasteiger partial charge in [0, 0.05) is 32.8 Å². The molecule has 144 valence electrons. The standard InChI is InChI=1S/C17H26F2N2O3.ClH/c1-3-23-16-8-12(4-5-15(16)24-17(18)19)11-21-7-6-14(22-2)9-13(21)10-20;/h4-5,8,13-14,17H,3,6-7,9-11,20H2,1-2H3;1H. The quantitative estimate of drug-likeness (QED) is 0.751. The van der Waals surface area contributed by atoms with Crippen molar-refractivity contribution in [2.24, 2.45) is 5.73 Å². The SMILES string of the molecule is CCOc1cc(CN2CCC(OC)CC2CN)ccc1OC(F)F.Cl. The third-order valence-electron chi connectivity index (χ3n) is 4.30. The summed E-state index contributed by atoms with van der Waals surface area (Å²) in [6.45, 7) is 1.45. The van der Waals surface area contributed by atoms with E-state index in [9.17, 15) is 8.78 Å². The zero-order valence-electron chi connectivity index (χ0n) is 14.6. The van der Waals surface area contributed by atoms with Crippen LogP contribution in [0.2, 0.25) is 0 Å². The molecule has 1 aromatic rings. The van der Waals surface area contributed by atoms with Crippen LogP contribution in [-0.4, -0.2) is 50.5 Å². The van der Waals surface area contributed by atoms with E-state index in [1.54, 1.807) is 26.2 Å². The summed E-state index contributed by atoms with van der Waals surface area (Å²) in [4.78, 5) is 2.30. The normalized spacial score (nSPS) is 21.0. The van der Waals surface area contributed by atoms with Crippen molar-refractivity contribution < 1.29 is 23.0 Å². The number of nitrogens with zero attached hydrogens (tertiary/aromatic N) is 1. The number of halogens is 3. The first-order valence-electron chi connectivity index (χ1n) is 8.24. The van der Waals surface area contributed by atoms with Gasteiger partial charge in [-0.3, -0.25) is 4.90 Å². The molecular weight excluding hydrogens is 354 g/mol. The number of piperidine rings is 1. The molecule has 0 saturated carbocycles. The minimum atomic E-state index is -2.87. The lowest BCUT2D eigenvalue weighted by Gasteiger charge is -2.38. The molecule has 1 aromatic carbocycles. The number of benzene rings is 1. The predicted octanol–water partition coefficient (Wildman–Crippen LogP) is 3.05. The van der Waals surface area contributed by atoms with Crippen LogP contribution in [0.1, 0.15) is 25.3 Å². The summed E-state index contributed by atoms with van der Waals surface area (Å²) < 4.78 is 40.3. The molecule has 1 saturated heterocycles. The molecule has 0 aromatic heterocycles. The Balaban J connectivity index is 0.00000312. The smallest absolute Gasteiger partial charge is 0.387 e. The first-order valence-corrected chi connectivity index (χ1v) is 8.24. The van der Waals surface area contributed by atoms with Gasteiger partial charge < -0.3 is 19.9 Å². The molecular formula is C17H27ClF2N2O3. The van der Waals surface area contributed by atoms with Gasteiger partial charge in [0.15, 0.2) is 11.5 Å². The summed E-state index contributed by atoms with van der Waals surface area (Å²) in [6, 6.07) is 5.33. The first-order chi connectivity index (χ1) is 11.6. The van der Waals surface area contributed by atoms with E-state index in [0.717, 1.165) is 24.9 Å². The number of nitrogens with two attached hydrogens (primary N) is 1. The molecule has 0 amide bonds. The second kappa shape index (κ2) is 10.8. The van der Waals surface area contributed by atoms with Crippen LogP contribution < -0.4 is 15.2 Å². The van der Waals surface area contributed by atoms with E-state index in [1.165, 1.54) is 6.07 Å². The lowest BCUT2D eigenvalue weighted by molar-refractivity contribution is -0.0514. The maximum atomic E-state index is 12.5. The Morgan fingerprint density at radius 2 is 2.08 bits per heavy atom. The largest absolute Gasteiger partial charge is 0.490 e. The fourth-order valence-electron chi connectivity index (χ4n) is 3.08. The van der Waals surface area contributed by atoms with Crippen molar-refractivity contribution in [2.75, 3.05) is 26.8 Å². The van der Waals surface area contributed by atoms with Crippen LogP contribution in [0.5, 0.6) is 11.5 Å². The predicted molar refractivity (Wildman–Crippen MR) is 94.8 cm³/mol. The Hall–Kier alpha value is -1.15. The Morgan fingerprint density at radius 3 is 2.68 bits per heavy atom. The van der Waals surface area contributed by atoms with Gasteiger partial charge in [-0.15, -0.1) is 12.4 Å². The van der Waals surface area contributed by atoms with Crippen LogP contribution in [0.3, 0.4) is 0 Å². The van der Waals surface area contributed by atoms with E-state index in [4.69, 9.17) is 15.2 Å². The molecule has 1 aliphatic rings. The highest BCUT2D eigenvalue weighted by Gasteiger charge is 2.27. The highest BCUT2D eigenvalue weighted by atomic mass is 35.5. The molecule has 0 radical (unpaired) electrons. The monoisotopic (exact) mass is 380 g/mol. The van der Waals surface area contributed by atoms with Crippen LogP contribution in [-0.2, 0) is 11.3 Å². The Labute approximate surface area is 153 Å². The molecule has 1 heterocycles. The zero-order chi connectivity index (χ0) is 17.5. The van der Waals surface area contributed by atoms with E-state index in [0.29, 0.717) is 25.4 Å². The van der Waals surface area contributed by atoms with E-state index >= 15 is 0 Å². The van der Waals surface area contributed by atoms with Crippen molar-refractivity contribution in [3.05, 3.63) is 23.8 Å². The van der Waals surface area contributed by atoms with Crippen molar-refractivity contribution in [1.29, 1.82) is 0 Å². The molecule has 2 rings (SSSR count). The first kappa shape index (κ1) is 21.9. The van der Waals surface area contributed by atoms with E-state index in [2.05, 4.69) is 9.64 Å². The van der Waals surface area contributed by atoms with Gasteiger partial charge in [-0.2, -0.15) is 8.78 Å². The number of alkyl halides is 2. The second-order valence-electron chi connectivity index (χ2n) is 5.83. The summed E-state index contributed by atoms with van der Waals surface area (Å²) in [7, 11) is 1.73. The van der Waals surface area contributed by atoms with Gasteiger partial charge in [0.05, 0.1) is 12.7 Å². The van der Waals surface area contributed by atoms with Crippen LogP contribution in [0.4, 0.5) is 8.78 Å². The molecule has 2 N–H and O–H groups in total. The molecule has 1 aliphatic heterocycles. The van der Waals surface area contributed by atoms with Crippen molar-refractivity contribution in [2.45, 2.75) is 45.1 Å². The van der Waals surface area contributed by atoms with Gasteiger partial charge in [-0.25, -0.2) is 0 Å². The number of likely N-dealkylation sites (tertiary alicyclic amines) is 1. The molecule has 5 nitrogen and oxygen atoms in total. The van der Waals surface area contributed by atoms with Crippen molar-refractivity contribution in [3.8, 4) is 11.5 Å². The summed E-state index contributed by atoms with van der Waals surface area (Å²) in [5.74, 6) is 0.399. The van der Waals surface area contributed by atoms with E-state index < -0.39 is 6.61 Å². The third kappa shape index (κ3) is 6.26. The summed E-state index contributed by atoms with van der Waals surface area (Å²) >= 11 is 0. The fraction of sp³-hybridized carbons (Fsp3) is 0.647. The van der Waals surface area contributed by atoms with Gasteiger partial charge in [-0.1, -0.05) is 6.07 Å². The van der Waals surface area contributed by atoms with Gasteiger partial charge in [0.25, 0.3) is 0 Å². The second-order valence-corrected chi connectivity index (χ2v) is 5.83. The van der Waals surface area contributed by atoms with Gasteiger partial charge in [0.1, 0.15) is 0 Å². The Kier molecular flexibility index (Phi) is 9.42. The molecule has 25 heavy (non-hydrogen) atoms. The number of ether oxygens (including phenoxy) is 3. The number of hydrogen-bond acceptors (Lipinski definition) is 5. The van der Waals surface area contributed by atoms with Crippen LogP contribution >= 0.6 is 12.4 Å². The highest BCUT2D eigenvalue weighted by molar-refractivity contribution is 5.85. The van der Waals surface area contributed by atoms with Crippen LogP contribution in [0.15, 0.2) is 18.2 Å². The van der Waals surface area contributed by atoms with E-state index in [1.807, 2.05) is 0 Å². The fourth-order valence-corrected chi connectivity index (χ4v) is 3.08. The average Bonchev–Trinajstić information content (AvgIpc) is 2.57. The molecule has 2 atom stereocenters. The van der Waals surface area contributed by atoms with Crippen LogP contribution in [0, 0.1) is 0 Å².